The van der Waals surface area contributed by atoms with E-state index in [9.17, 15) is 9.59 Å². The highest BCUT2D eigenvalue weighted by Crippen LogP contribution is 2.36. The molecule has 1 aliphatic heterocycles. The van der Waals surface area contributed by atoms with E-state index in [2.05, 4.69) is 19.2 Å². The molecule has 6 heteroatoms. The average Bonchev–Trinajstić information content (AvgIpc) is 3.06. The van der Waals surface area contributed by atoms with Crippen LogP contribution >= 0.6 is 0 Å². The highest BCUT2D eigenvalue weighted by atomic mass is 16.5. The number of methoxy groups -OCH3 is 2. The first-order chi connectivity index (χ1) is 12.9. The minimum Gasteiger partial charge on any atom is -0.497 e. The van der Waals surface area contributed by atoms with Crippen LogP contribution in [0.3, 0.4) is 0 Å². The molecule has 0 bridgehead atoms. The lowest BCUT2D eigenvalue weighted by Gasteiger charge is -2.35. The molecule has 1 N–H and O–H groups in total. The number of rotatable bonds is 5. The second-order valence-electron chi connectivity index (χ2n) is 7.83. The van der Waals surface area contributed by atoms with Crippen molar-refractivity contribution in [3.05, 3.63) is 18.2 Å². The van der Waals surface area contributed by atoms with Crippen LogP contribution in [0, 0.1) is 17.8 Å². The zero-order chi connectivity index (χ0) is 19.6. The highest BCUT2D eigenvalue weighted by molar-refractivity contribution is 6.01. The van der Waals surface area contributed by atoms with Crippen molar-refractivity contribution in [3.8, 4) is 11.5 Å². The SMILES string of the molecule is COc1ccc(OC)c(N2CC(C(=O)NC3CCCC(C)C3C)CC2=O)c1. The van der Waals surface area contributed by atoms with Crippen LogP contribution in [-0.4, -0.2) is 38.6 Å². The smallest absolute Gasteiger partial charge is 0.227 e. The molecule has 4 atom stereocenters. The zero-order valence-corrected chi connectivity index (χ0v) is 16.7. The number of carbonyl (C=O) groups is 2. The molecule has 2 amide bonds. The normalized spacial score (nSPS) is 28.1. The number of hydrogen-bond donors (Lipinski definition) is 1. The van der Waals surface area contributed by atoms with Crippen LogP contribution in [0.2, 0.25) is 0 Å². The Morgan fingerprint density at radius 1 is 1.19 bits per heavy atom. The van der Waals surface area contributed by atoms with Crippen LogP contribution in [0.25, 0.3) is 0 Å². The van der Waals surface area contributed by atoms with Gasteiger partial charge in [0.15, 0.2) is 0 Å². The van der Waals surface area contributed by atoms with Gasteiger partial charge < -0.3 is 19.7 Å². The van der Waals surface area contributed by atoms with E-state index in [0.29, 0.717) is 35.6 Å². The van der Waals surface area contributed by atoms with Crippen molar-refractivity contribution in [1.82, 2.24) is 5.32 Å². The van der Waals surface area contributed by atoms with Crippen LogP contribution in [0.1, 0.15) is 39.5 Å². The number of nitrogens with zero attached hydrogens (tertiary/aromatic N) is 1. The lowest BCUT2D eigenvalue weighted by Crippen LogP contribution is -2.46. The summed E-state index contributed by atoms with van der Waals surface area (Å²) in [5.74, 6) is 1.92. The Balaban J connectivity index is 1.71. The van der Waals surface area contributed by atoms with E-state index < -0.39 is 0 Å². The van der Waals surface area contributed by atoms with Gasteiger partial charge in [-0.25, -0.2) is 0 Å². The third kappa shape index (κ3) is 4.04. The maximum absolute atomic E-state index is 12.8. The largest absolute Gasteiger partial charge is 0.497 e. The summed E-state index contributed by atoms with van der Waals surface area (Å²) in [7, 11) is 3.15. The summed E-state index contributed by atoms with van der Waals surface area (Å²) >= 11 is 0. The lowest BCUT2D eigenvalue weighted by molar-refractivity contribution is -0.127. The van der Waals surface area contributed by atoms with Gasteiger partial charge in [-0.3, -0.25) is 9.59 Å². The van der Waals surface area contributed by atoms with Gasteiger partial charge in [0.05, 0.1) is 25.8 Å². The second kappa shape index (κ2) is 8.19. The molecule has 6 nitrogen and oxygen atoms in total. The first-order valence-electron chi connectivity index (χ1n) is 9.77. The van der Waals surface area contributed by atoms with Crippen LogP contribution in [0.15, 0.2) is 18.2 Å². The molecule has 4 unspecified atom stereocenters. The summed E-state index contributed by atoms with van der Waals surface area (Å²) in [6.45, 7) is 4.83. The summed E-state index contributed by atoms with van der Waals surface area (Å²) in [6.07, 6.45) is 3.61. The first-order valence-corrected chi connectivity index (χ1v) is 9.77. The van der Waals surface area contributed by atoms with Gasteiger partial charge in [0, 0.05) is 25.1 Å². The molecule has 3 rings (SSSR count). The molecule has 27 heavy (non-hydrogen) atoms. The monoisotopic (exact) mass is 374 g/mol. The molecule has 2 aliphatic rings. The molecule has 1 aliphatic carbocycles. The predicted molar refractivity (Wildman–Crippen MR) is 104 cm³/mol. The fourth-order valence-electron chi connectivity index (χ4n) is 4.21. The van der Waals surface area contributed by atoms with E-state index in [0.717, 1.165) is 12.8 Å². The summed E-state index contributed by atoms with van der Waals surface area (Å²) in [5, 5.41) is 3.21. The summed E-state index contributed by atoms with van der Waals surface area (Å²) in [5.41, 5.74) is 0.650. The molecule has 1 aromatic rings. The minimum absolute atomic E-state index is 0.0151. The molecule has 1 aromatic carbocycles. The Labute approximate surface area is 161 Å². The number of amides is 2. The maximum atomic E-state index is 12.8. The van der Waals surface area contributed by atoms with E-state index in [1.54, 1.807) is 37.3 Å². The predicted octanol–water partition coefficient (Wildman–Crippen LogP) is 3.00. The highest BCUT2D eigenvalue weighted by Gasteiger charge is 2.38. The maximum Gasteiger partial charge on any atom is 0.227 e. The van der Waals surface area contributed by atoms with Gasteiger partial charge >= 0.3 is 0 Å². The molecule has 2 fully saturated rings. The number of anilines is 1. The van der Waals surface area contributed by atoms with E-state index in [1.165, 1.54) is 6.42 Å². The van der Waals surface area contributed by atoms with Crippen molar-refractivity contribution in [2.75, 3.05) is 25.7 Å². The molecule has 0 spiro atoms. The van der Waals surface area contributed by atoms with Crippen molar-refractivity contribution in [2.45, 2.75) is 45.6 Å². The number of benzene rings is 1. The average molecular weight is 374 g/mol. The van der Waals surface area contributed by atoms with Gasteiger partial charge in [0.25, 0.3) is 0 Å². The Morgan fingerprint density at radius 3 is 2.67 bits per heavy atom. The van der Waals surface area contributed by atoms with Crippen molar-refractivity contribution in [3.63, 3.8) is 0 Å². The molecule has 1 saturated heterocycles. The van der Waals surface area contributed by atoms with Crippen LogP contribution in [0.5, 0.6) is 11.5 Å². The fourth-order valence-corrected chi connectivity index (χ4v) is 4.21. The third-order valence-corrected chi connectivity index (χ3v) is 6.21. The molecule has 1 heterocycles. The van der Waals surface area contributed by atoms with Gasteiger partial charge in [-0.1, -0.05) is 26.7 Å². The van der Waals surface area contributed by atoms with Gasteiger partial charge in [-0.15, -0.1) is 0 Å². The molecule has 0 radical (unpaired) electrons. The van der Waals surface area contributed by atoms with Gasteiger partial charge in [-0.2, -0.15) is 0 Å². The Hall–Kier alpha value is -2.24. The molecular weight excluding hydrogens is 344 g/mol. The molecular formula is C21H30N2O4. The molecule has 1 saturated carbocycles. The second-order valence-corrected chi connectivity index (χ2v) is 7.83. The van der Waals surface area contributed by atoms with Gasteiger partial charge in [0.2, 0.25) is 11.8 Å². The standard InChI is InChI=1S/C21H30N2O4/c1-13-6-5-7-17(14(13)2)22-21(25)15-10-20(24)23(12-15)18-11-16(26-3)8-9-19(18)27-4/h8-9,11,13-15,17H,5-7,10,12H2,1-4H3,(H,22,25). The van der Waals surface area contributed by atoms with Gasteiger partial charge in [-0.05, 0) is 30.4 Å². The number of nitrogens with one attached hydrogen (secondary N) is 1. The topological polar surface area (TPSA) is 67.9 Å². The quantitative estimate of drug-likeness (QED) is 0.860. The number of hydrogen-bond acceptors (Lipinski definition) is 4. The minimum atomic E-state index is -0.335. The summed E-state index contributed by atoms with van der Waals surface area (Å²) < 4.78 is 10.7. The van der Waals surface area contributed by atoms with E-state index in [4.69, 9.17) is 9.47 Å². The van der Waals surface area contributed by atoms with E-state index in [-0.39, 0.29) is 30.2 Å². The molecule has 0 aromatic heterocycles. The van der Waals surface area contributed by atoms with Crippen molar-refractivity contribution in [2.24, 2.45) is 17.8 Å². The number of carbonyl (C=O) groups excluding carboxylic acids is 2. The van der Waals surface area contributed by atoms with Crippen molar-refractivity contribution in [1.29, 1.82) is 0 Å². The fraction of sp³-hybridized carbons (Fsp3) is 0.619. The van der Waals surface area contributed by atoms with Crippen LogP contribution < -0.4 is 19.7 Å². The zero-order valence-electron chi connectivity index (χ0n) is 16.7. The Kier molecular flexibility index (Phi) is 5.92. The van der Waals surface area contributed by atoms with E-state index >= 15 is 0 Å². The van der Waals surface area contributed by atoms with Gasteiger partial charge in [0.1, 0.15) is 11.5 Å². The first kappa shape index (κ1) is 19.5. The summed E-state index contributed by atoms with van der Waals surface area (Å²) in [6, 6.07) is 5.55. The van der Waals surface area contributed by atoms with Crippen molar-refractivity contribution < 1.29 is 19.1 Å². The Morgan fingerprint density at radius 2 is 1.96 bits per heavy atom. The number of ether oxygens (including phenoxy) is 2. The third-order valence-electron chi connectivity index (χ3n) is 6.21. The lowest BCUT2D eigenvalue weighted by atomic mass is 9.78. The van der Waals surface area contributed by atoms with Crippen molar-refractivity contribution >= 4 is 17.5 Å². The summed E-state index contributed by atoms with van der Waals surface area (Å²) in [4.78, 5) is 27.1. The van der Waals surface area contributed by atoms with E-state index in [1.807, 2.05) is 0 Å². The van der Waals surface area contributed by atoms with Crippen LogP contribution in [0.4, 0.5) is 5.69 Å². The Bertz CT molecular complexity index is 705. The van der Waals surface area contributed by atoms with Crippen LogP contribution in [-0.2, 0) is 9.59 Å². The molecule has 148 valence electrons.